The fourth-order valence-corrected chi connectivity index (χ4v) is 1.99. The largest absolute Gasteiger partial charge is 0.417 e. The molecule has 1 unspecified atom stereocenters. The van der Waals surface area contributed by atoms with Crippen LogP contribution in [0.4, 0.5) is 13.2 Å². The Labute approximate surface area is 131 Å². The fraction of sp³-hybridized carbons (Fsp3) is 0.400. The molecule has 0 aliphatic rings. The Morgan fingerprint density at radius 1 is 1.36 bits per heavy atom. The van der Waals surface area contributed by atoms with Gasteiger partial charge in [0.2, 0.25) is 5.91 Å². The molecule has 0 spiro atoms. The van der Waals surface area contributed by atoms with Crippen LogP contribution in [0.2, 0.25) is 5.02 Å². The summed E-state index contributed by atoms with van der Waals surface area (Å²) in [6.07, 6.45) is -3.33. The van der Waals surface area contributed by atoms with E-state index in [0.717, 1.165) is 0 Å². The predicted octanol–water partition coefficient (Wildman–Crippen LogP) is 3.56. The van der Waals surface area contributed by atoms with Crippen molar-refractivity contribution in [2.75, 3.05) is 6.61 Å². The van der Waals surface area contributed by atoms with Gasteiger partial charge in [-0.15, -0.1) is 0 Å². The molecule has 0 saturated carbocycles. The number of hydrogen-bond acceptors (Lipinski definition) is 2. The summed E-state index contributed by atoms with van der Waals surface area (Å²) in [6, 6.07) is 4.71. The van der Waals surface area contributed by atoms with E-state index >= 15 is 0 Å². The summed E-state index contributed by atoms with van der Waals surface area (Å²) in [5.74, 6) is -0.845. The molecule has 1 amide bonds. The minimum atomic E-state index is -4.66. The minimum absolute atomic E-state index is 0.137. The molecule has 1 rings (SSSR count). The number of carbonyl (C=O) groups is 1. The maximum Gasteiger partial charge on any atom is 0.417 e. The lowest BCUT2D eigenvalue weighted by molar-refractivity contribution is -0.117. The number of hydrogen-bond donors (Lipinski definition) is 2. The lowest BCUT2D eigenvalue weighted by Crippen LogP contribution is -2.34. The van der Waals surface area contributed by atoms with Crippen LogP contribution >= 0.6 is 11.6 Å². The van der Waals surface area contributed by atoms with Crippen LogP contribution in [0.15, 0.2) is 30.3 Å². The second-order valence-electron chi connectivity index (χ2n) is 4.69. The number of carbonyl (C=O) groups excluding carboxylic acids is 1. The number of aliphatic hydroxyl groups excluding tert-OH is 1. The van der Waals surface area contributed by atoms with Gasteiger partial charge in [0.1, 0.15) is 0 Å². The molecule has 0 heterocycles. The summed E-state index contributed by atoms with van der Waals surface area (Å²) in [6.45, 7) is 1.62. The van der Waals surface area contributed by atoms with E-state index in [0.29, 0.717) is 23.9 Å². The quantitative estimate of drug-likeness (QED) is 0.781. The lowest BCUT2D eigenvalue weighted by Gasteiger charge is -2.16. The molecule has 0 aliphatic heterocycles. The van der Waals surface area contributed by atoms with Gasteiger partial charge in [-0.1, -0.05) is 30.7 Å². The summed E-state index contributed by atoms with van der Waals surface area (Å²) >= 11 is 5.66. The van der Waals surface area contributed by atoms with Gasteiger partial charge >= 0.3 is 6.18 Å². The highest BCUT2D eigenvalue weighted by atomic mass is 35.5. The highest BCUT2D eigenvalue weighted by molar-refractivity contribution is 6.30. The smallest absolute Gasteiger partial charge is 0.396 e. The van der Waals surface area contributed by atoms with Gasteiger partial charge in [0.25, 0.3) is 0 Å². The number of benzene rings is 1. The van der Waals surface area contributed by atoms with Crippen molar-refractivity contribution in [2.45, 2.75) is 32.0 Å². The average molecular weight is 336 g/mol. The molecule has 7 heteroatoms. The second-order valence-corrected chi connectivity index (χ2v) is 5.13. The fourth-order valence-electron chi connectivity index (χ4n) is 1.87. The molecule has 0 bridgehead atoms. The Morgan fingerprint density at radius 2 is 1.95 bits per heavy atom. The highest BCUT2D eigenvalue weighted by Crippen LogP contribution is 2.34. The maximum absolute atomic E-state index is 13.1. The monoisotopic (exact) mass is 335 g/mol. The molecular weight excluding hydrogens is 319 g/mol. The molecule has 1 aromatic rings. The normalized spacial score (nSPS) is 13.8. The molecule has 2 N–H and O–H groups in total. The van der Waals surface area contributed by atoms with E-state index in [1.807, 2.05) is 0 Å². The van der Waals surface area contributed by atoms with Crippen molar-refractivity contribution in [1.82, 2.24) is 5.32 Å². The highest BCUT2D eigenvalue weighted by Gasteiger charge is 2.35. The van der Waals surface area contributed by atoms with Crippen LogP contribution in [-0.2, 0) is 4.79 Å². The summed E-state index contributed by atoms with van der Waals surface area (Å²) in [5.41, 5.74) is -1.18. The second kappa shape index (κ2) is 8.19. The number of alkyl halides is 3. The topological polar surface area (TPSA) is 49.3 Å². The lowest BCUT2D eigenvalue weighted by atomic mass is 10.0. The molecule has 122 valence electrons. The molecule has 22 heavy (non-hydrogen) atoms. The summed E-state index contributed by atoms with van der Waals surface area (Å²) < 4.78 is 39.3. The number of halogens is 4. The van der Waals surface area contributed by atoms with E-state index in [2.05, 4.69) is 5.32 Å². The third-order valence-corrected chi connectivity index (χ3v) is 3.30. The average Bonchev–Trinajstić information content (AvgIpc) is 2.44. The van der Waals surface area contributed by atoms with E-state index in [1.165, 1.54) is 24.3 Å². The third-order valence-electron chi connectivity index (χ3n) is 3.05. The summed E-state index contributed by atoms with van der Waals surface area (Å²) in [5, 5.41) is 11.6. The van der Waals surface area contributed by atoms with Crippen LogP contribution < -0.4 is 5.32 Å². The Balaban J connectivity index is 3.02. The number of allylic oxidation sites excluding steroid dienone is 1. The Hall–Kier alpha value is -1.53. The molecule has 0 radical (unpaired) electrons. The molecule has 0 aromatic heterocycles. The van der Waals surface area contributed by atoms with Crippen molar-refractivity contribution in [3.63, 3.8) is 0 Å². The Kier molecular flexibility index (Phi) is 6.90. The van der Waals surface area contributed by atoms with Gasteiger partial charge in [-0.3, -0.25) is 4.79 Å². The number of aliphatic hydroxyl groups is 1. The summed E-state index contributed by atoms with van der Waals surface area (Å²) in [4.78, 5) is 11.8. The van der Waals surface area contributed by atoms with E-state index in [4.69, 9.17) is 16.7 Å². The van der Waals surface area contributed by atoms with Crippen molar-refractivity contribution in [2.24, 2.45) is 0 Å². The number of rotatable bonds is 6. The van der Waals surface area contributed by atoms with Crippen LogP contribution in [0.5, 0.6) is 0 Å². The number of nitrogens with one attached hydrogen (secondary N) is 1. The van der Waals surface area contributed by atoms with Crippen molar-refractivity contribution in [1.29, 1.82) is 0 Å². The zero-order chi connectivity index (χ0) is 16.8. The van der Waals surface area contributed by atoms with Gasteiger partial charge in [-0.25, -0.2) is 0 Å². The van der Waals surface area contributed by atoms with Crippen LogP contribution in [0, 0.1) is 0 Å². The standard InChI is InChI=1S/C15H17ClF3NO2/c1-2-12(7-8-21)20-14(22)9-13(15(17,18)19)10-3-5-11(16)6-4-10/h3-6,9,12,21H,2,7-8H2,1H3,(H,20,22)/b13-9-. The maximum atomic E-state index is 13.1. The van der Waals surface area contributed by atoms with Gasteiger partial charge in [0.05, 0.1) is 5.57 Å². The minimum Gasteiger partial charge on any atom is -0.396 e. The van der Waals surface area contributed by atoms with Crippen molar-refractivity contribution in [3.05, 3.63) is 40.9 Å². The van der Waals surface area contributed by atoms with Gasteiger partial charge < -0.3 is 10.4 Å². The molecular formula is C15H17ClF3NO2. The van der Waals surface area contributed by atoms with Crippen LogP contribution in [-0.4, -0.2) is 29.8 Å². The summed E-state index contributed by atoms with van der Waals surface area (Å²) in [7, 11) is 0. The molecule has 0 saturated heterocycles. The molecule has 1 aromatic carbocycles. The van der Waals surface area contributed by atoms with Gasteiger partial charge in [0.15, 0.2) is 0 Å². The van der Waals surface area contributed by atoms with Gasteiger partial charge in [-0.05, 0) is 30.5 Å². The van der Waals surface area contributed by atoms with Gasteiger partial charge in [-0.2, -0.15) is 13.2 Å². The van der Waals surface area contributed by atoms with E-state index in [-0.39, 0.29) is 18.2 Å². The number of amides is 1. The van der Waals surface area contributed by atoms with Crippen LogP contribution in [0.1, 0.15) is 25.3 Å². The molecule has 3 nitrogen and oxygen atoms in total. The Morgan fingerprint density at radius 3 is 2.41 bits per heavy atom. The first-order valence-electron chi connectivity index (χ1n) is 6.74. The molecule has 0 fully saturated rings. The van der Waals surface area contributed by atoms with Crippen molar-refractivity contribution >= 4 is 23.1 Å². The SMILES string of the molecule is CCC(CCO)NC(=O)/C=C(/c1ccc(Cl)cc1)C(F)(F)F. The van der Waals surface area contributed by atoms with Crippen LogP contribution in [0.25, 0.3) is 5.57 Å². The van der Waals surface area contributed by atoms with E-state index in [9.17, 15) is 18.0 Å². The molecule has 0 aliphatic carbocycles. The zero-order valence-corrected chi connectivity index (χ0v) is 12.7. The first-order valence-corrected chi connectivity index (χ1v) is 7.12. The Bertz CT molecular complexity index is 527. The van der Waals surface area contributed by atoms with Gasteiger partial charge in [0, 0.05) is 23.7 Å². The first-order chi connectivity index (χ1) is 10.3. The van der Waals surface area contributed by atoms with E-state index < -0.39 is 17.7 Å². The third kappa shape index (κ3) is 5.69. The predicted molar refractivity (Wildman–Crippen MR) is 79.4 cm³/mol. The van der Waals surface area contributed by atoms with Crippen molar-refractivity contribution < 1.29 is 23.1 Å². The first kappa shape index (κ1) is 18.5. The molecule has 1 atom stereocenters. The van der Waals surface area contributed by atoms with E-state index in [1.54, 1.807) is 6.92 Å². The zero-order valence-electron chi connectivity index (χ0n) is 12.0. The van der Waals surface area contributed by atoms with Crippen molar-refractivity contribution in [3.8, 4) is 0 Å². The van der Waals surface area contributed by atoms with Crippen LogP contribution in [0.3, 0.4) is 0 Å².